The van der Waals surface area contributed by atoms with Crippen LogP contribution in [0.5, 0.6) is 0 Å². The molecule has 3 aliphatic heterocycles. The highest BCUT2D eigenvalue weighted by Crippen LogP contribution is 2.54. The van der Waals surface area contributed by atoms with Gasteiger partial charge in [-0.2, -0.15) is 13.2 Å². The van der Waals surface area contributed by atoms with Crippen molar-refractivity contribution < 1.29 is 27.1 Å². The van der Waals surface area contributed by atoms with Gasteiger partial charge in [0.25, 0.3) is 5.91 Å². The summed E-state index contributed by atoms with van der Waals surface area (Å²) in [5.41, 5.74) is 0.105. The van der Waals surface area contributed by atoms with E-state index in [4.69, 9.17) is 4.74 Å². The molecule has 7 nitrogen and oxygen atoms in total. The Bertz CT molecular complexity index is 1530. The topological polar surface area (TPSA) is 63.5 Å². The highest BCUT2D eigenvalue weighted by atomic mass is 19.4. The molecule has 1 amide bonds. The van der Waals surface area contributed by atoms with Crippen molar-refractivity contribution in [1.82, 2.24) is 19.7 Å². The average Bonchev–Trinajstić information content (AvgIpc) is 3.19. The Hall–Kier alpha value is -3.31. The number of aryl methyl sites for hydroxylation is 1. The quantitative estimate of drug-likeness (QED) is 0.366. The van der Waals surface area contributed by atoms with E-state index >= 15 is 4.39 Å². The van der Waals surface area contributed by atoms with Gasteiger partial charge in [-0.05, 0) is 79.1 Å². The van der Waals surface area contributed by atoms with Crippen molar-refractivity contribution in [2.45, 2.75) is 56.5 Å². The van der Waals surface area contributed by atoms with E-state index in [2.05, 4.69) is 15.1 Å². The van der Waals surface area contributed by atoms with Crippen LogP contribution in [0.15, 0.2) is 42.7 Å². The second-order valence-electron chi connectivity index (χ2n) is 12.2. The van der Waals surface area contributed by atoms with E-state index < -0.39 is 29.2 Å². The van der Waals surface area contributed by atoms with Crippen molar-refractivity contribution in [1.29, 1.82) is 0 Å². The summed E-state index contributed by atoms with van der Waals surface area (Å²) in [7, 11) is 1.66. The number of benzene rings is 2. The number of hydrogen-bond acceptors (Lipinski definition) is 5. The van der Waals surface area contributed by atoms with Gasteiger partial charge in [0.1, 0.15) is 6.33 Å². The van der Waals surface area contributed by atoms with Crippen LogP contribution in [0.3, 0.4) is 0 Å². The van der Waals surface area contributed by atoms with Crippen LogP contribution in [-0.2, 0) is 29.9 Å². The first-order valence-electron chi connectivity index (χ1n) is 14.0. The summed E-state index contributed by atoms with van der Waals surface area (Å²) < 4.78 is 65.9. The molecule has 1 aromatic heterocycles. The van der Waals surface area contributed by atoms with Crippen LogP contribution in [0, 0.1) is 5.41 Å². The monoisotopic (exact) mass is 569 g/mol. The Balaban J connectivity index is 1.22. The zero-order chi connectivity index (χ0) is 28.7. The number of fused-ring (bicyclic) bond motifs is 1. The van der Waals surface area contributed by atoms with Gasteiger partial charge in [-0.15, -0.1) is 10.2 Å². The molecule has 2 saturated heterocycles. The fourth-order valence-electron chi connectivity index (χ4n) is 6.76. The number of carbonyl (C=O) groups is 1. The van der Waals surface area contributed by atoms with E-state index in [1.165, 1.54) is 34.7 Å². The molecule has 1 spiro atoms. The number of aromatic nitrogens is 3. The van der Waals surface area contributed by atoms with Gasteiger partial charge in [-0.1, -0.05) is 12.1 Å². The van der Waals surface area contributed by atoms with Crippen molar-refractivity contribution in [3.8, 4) is 0 Å². The van der Waals surface area contributed by atoms with Crippen molar-refractivity contribution in [2.24, 2.45) is 12.5 Å². The van der Waals surface area contributed by atoms with Gasteiger partial charge < -0.3 is 14.2 Å². The van der Waals surface area contributed by atoms with Gasteiger partial charge in [0, 0.05) is 30.9 Å². The lowest BCUT2D eigenvalue weighted by Gasteiger charge is -2.43. The van der Waals surface area contributed by atoms with Crippen LogP contribution in [0.1, 0.15) is 76.8 Å². The average molecular weight is 570 g/mol. The van der Waals surface area contributed by atoms with Gasteiger partial charge in [-0.25, -0.2) is 4.39 Å². The van der Waals surface area contributed by atoms with Crippen LogP contribution < -0.4 is 4.90 Å². The number of amides is 1. The third-order valence-corrected chi connectivity index (χ3v) is 9.73. The Morgan fingerprint density at radius 2 is 1.88 bits per heavy atom. The lowest BCUT2D eigenvalue weighted by Crippen LogP contribution is -2.50. The number of hydrogen-bond donors (Lipinski definition) is 0. The number of anilines is 1. The van der Waals surface area contributed by atoms with Crippen LogP contribution in [0.25, 0.3) is 0 Å². The van der Waals surface area contributed by atoms with Crippen LogP contribution in [0.2, 0.25) is 0 Å². The summed E-state index contributed by atoms with van der Waals surface area (Å²) in [6, 6.07) is 9.45. The molecule has 0 N–H and O–H groups in total. The number of rotatable bonds is 6. The summed E-state index contributed by atoms with van der Waals surface area (Å²) in [4.78, 5) is 17.3. The van der Waals surface area contributed by atoms with Gasteiger partial charge >= 0.3 is 6.18 Å². The van der Waals surface area contributed by atoms with Crippen molar-refractivity contribution >= 4 is 11.6 Å². The van der Waals surface area contributed by atoms with Gasteiger partial charge in [0.15, 0.2) is 12.0 Å². The maximum atomic E-state index is 15.9. The Morgan fingerprint density at radius 1 is 1.10 bits per heavy atom. The highest BCUT2D eigenvalue weighted by Gasteiger charge is 2.51. The first-order chi connectivity index (χ1) is 19.5. The normalized spacial score (nSPS) is 22.6. The molecule has 216 valence electrons. The molecule has 1 saturated carbocycles. The number of ether oxygens (including phenoxy) is 1. The fourth-order valence-corrected chi connectivity index (χ4v) is 6.76. The van der Waals surface area contributed by atoms with Gasteiger partial charge in [-0.3, -0.25) is 9.69 Å². The van der Waals surface area contributed by atoms with Crippen molar-refractivity contribution in [3.63, 3.8) is 0 Å². The first-order valence-corrected chi connectivity index (χ1v) is 14.0. The van der Waals surface area contributed by atoms with E-state index in [1.54, 1.807) is 37.4 Å². The number of alkyl halides is 4. The smallest absolute Gasteiger partial charge is 0.379 e. The van der Waals surface area contributed by atoms with E-state index in [9.17, 15) is 18.0 Å². The first kappa shape index (κ1) is 26.6. The molecule has 0 bridgehead atoms. The summed E-state index contributed by atoms with van der Waals surface area (Å²) >= 11 is 0. The number of halogens is 4. The third kappa shape index (κ3) is 4.19. The lowest BCUT2D eigenvalue weighted by atomic mass is 9.74. The fraction of sp³-hybridized carbons (Fsp3) is 0.500. The lowest BCUT2D eigenvalue weighted by molar-refractivity contribution is -0.138. The minimum atomic E-state index is -4.61. The zero-order valence-corrected chi connectivity index (χ0v) is 22.9. The Morgan fingerprint density at radius 3 is 2.49 bits per heavy atom. The number of likely N-dealkylation sites (tertiary alicyclic amines) is 1. The molecule has 7 rings (SSSR count). The second kappa shape index (κ2) is 9.09. The minimum Gasteiger partial charge on any atom is -0.379 e. The van der Waals surface area contributed by atoms with Crippen molar-refractivity contribution in [2.75, 3.05) is 31.2 Å². The molecule has 1 unspecified atom stereocenters. The predicted octanol–water partition coefficient (Wildman–Crippen LogP) is 5.52. The minimum absolute atomic E-state index is 0.0203. The molecule has 1 aliphatic carbocycles. The van der Waals surface area contributed by atoms with Crippen LogP contribution >= 0.6 is 0 Å². The molecular weight excluding hydrogens is 538 g/mol. The predicted molar refractivity (Wildman–Crippen MR) is 142 cm³/mol. The molecule has 2 aromatic carbocycles. The second-order valence-corrected chi connectivity index (χ2v) is 12.2. The summed E-state index contributed by atoms with van der Waals surface area (Å²) in [5.74, 6) is -0.328. The SMILES string of the molecule is C[C@H](c1cc2c(c(C(F)(F)F)c1)CN(c1cccc(C3(C(F)c4nncn4C)COC3)c1)C2=O)N1CCC2(CC2)C1. The van der Waals surface area contributed by atoms with Crippen molar-refractivity contribution in [3.05, 3.63) is 76.4 Å². The van der Waals surface area contributed by atoms with Crippen LogP contribution in [-0.4, -0.2) is 51.9 Å². The number of carbonyl (C=O) groups excluding carboxylic acids is 1. The third-order valence-electron chi connectivity index (χ3n) is 9.73. The standard InChI is InChI=1S/C30H31F4N5O2/c1-18(38-9-8-28(14-38)6-7-28)19-10-22-23(24(11-19)30(32,33)34)13-39(27(22)40)21-5-3-4-20(12-21)29(15-41-16-29)25(31)26-36-35-17-37(26)2/h3-5,10-12,17-18,25H,6-9,13-16H2,1-2H3/t18-,25?/m1/s1. The van der Waals surface area contributed by atoms with Crippen LogP contribution in [0.4, 0.5) is 23.2 Å². The molecule has 3 aromatic rings. The van der Waals surface area contributed by atoms with E-state index in [0.717, 1.165) is 19.5 Å². The molecule has 3 fully saturated rings. The summed E-state index contributed by atoms with van der Waals surface area (Å²) in [6.07, 6.45) is -1.28. The zero-order valence-electron chi connectivity index (χ0n) is 22.9. The largest absolute Gasteiger partial charge is 0.416 e. The van der Waals surface area contributed by atoms with E-state index in [-0.39, 0.29) is 42.8 Å². The van der Waals surface area contributed by atoms with E-state index in [0.29, 0.717) is 22.2 Å². The Kier molecular flexibility index (Phi) is 5.90. The summed E-state index contributed by atoms with van der Waals surface area (Å²) in [6.45, 7) is 3.66. The number of nitrogens with zero attached hydrogens (tertiary/aromatic N) is 5. The van der Waals surface area contributed by atoms with E-state index in [1.807, 2.05) is 6.92 Å². The molecule has 4 aliphatic rings. The molecule has 11 heteroatoms. The summed E-state index contributed by atoms with van der Waals surface area (Å²) in [5, 5.41) is 7.72. The highest BCUT2D eigenvalue weighted by molar-refractivity contribution is 6.10. The van der Waals surface area contributed by atoms with Gasteiger partial charge in [0.05, 0.1) is 30.7 Å². The maximum absolute atomic E-state index is 15.9. The maximum Gasteiger partial charge on any atom is 0.416 e. The molecular formula is C30H31F4N5O2. The molecule has 2 atom stereocenters. The molecule has 0 radical (unpaired) electrons. The molecule has 41 heavy (non-hydrogen) atoms. The van der Waals surface area contributed by atoms with Gasteiger partial charge in [0.2, 0.25) is 0 Å². The molecule has 4 heterocycles. The Labute approximate surface area is 235 Å².